The number of anilines is 1. The summed E-state index contributed by atoms with van der Waals surface area (Å²) >= 11 is 1.31. The maximum atomic E-state index is 12.3. The van der Waals surface area contributed by atoms with Gasteiger partial charge in [0.2, 0.25) is 16.8 Å². The molecule has 1 aliphatic rings. The molecule has 0 bridgehead atoms. The molecule has 10 heteroatoms. The molecule has 1 N–H and O–H groups in total. The monoisotopic (exact) mass is 442 g/mol. The lowest BCUT2D eigenvalue weighted by Crippen LogP contribution is -2.36. The van der Waals surface area contributed by atoms with E-state index in [9.17, 15) is 4.79 Å². The van der Waals surface area contributed by atoms with E-state index in [-0.39, 0.29) is 18.3 Å². The Kier molecular flexibility index (Phi) is 8.94. The van der Waals surface area contributed by atoms with E-state index in [2.05, 4.69) is 20.4 Å². The fourth-order valence-corrected chi connectivity index (χ4v) is 3.91. The van der Waals surface area contributed by atoms with E-state index in [1.807, 2.05) is 19.1 Å². The lowest BCUT2D eigenvalue weighted by Gasteiger charge is -2.25. The molecule has 0 atom stereocenters. The SMILES string of the molecule is CCOc1c(OC)cc(-c2nnc(NC(=O)CN3CCCCC3)s2)cc1OC.Cl. The zero-order valence-electron chi connectivity index (χ0n) is 16.9. The number of likely N-dealkylation sites (tertiary alicyclic amines) is 1. The van der Waals surface area contributed by atoms with Crippen LogP contribution in [0.1, 0.15) is 26.2 Å². The van der Waals surface area contributed by atoms with Crippen molar-refractivity contribution < 1.29 is 19.0 Å². The third-order valence-electron chi connectivity index (χ3n) is 4.48. The van der Waals surface area contributed by atoms with Crippen LogP contribution in [0.3, 0.4) is 0 Å². The van der Waals surface area contributed by atoms with Crippen LogP contribution < -0.4 is 19.5 Å². The van der Waals surface area contributed by atoms with Gasteiger partial charge < -0.3 is 14.2 Å². The van der Waals surface area contributed by atoms with Crippen LogP contribution in [0.15, 0.2) is 12.1 Å². The van der Waals surface area contributed by atoms with Gasteiger partial charge in [-0.05, 0) is 45.0 Å². The van der Waals surface area contributed by atoms with Gasteiger partial charge in [-0.2, -0.15) is 0 Å². The van der Waals surface area contributed by atoms with Crippen LogP contribution in [0.25, 0.3) is 10.6 Å². The topological polar surface area (TPSA) is 85.8 Å². The van der Waals surface area contributed by atoms with Crippen molar-refractivity contribution in [2.45, 2.75) is 26.2 Å². The van der Waals surface area contributed by atoms with Crippen LogP contribution >= 0.6 is 23.7 Å². The first-order chi connectivity index (χ1) is 13.6. The molecule has 1 amide bonds. The van der Waals surface area contributed by atoms with E-state index in [0.717, 1.165) is 31.5 Å². The van der Waals surface area contributed by atoms with E-state index < -0.39 is 0 Å². The molecular weight excluding hydrogens is 416 g/mol. The summed E-state index contributed by atoms with van der Waals surface area (Å²) in [5.74, 6) is 1.60. The highest BCUT2D eigenvalue weighted by Crippen LogP contribution is 2.42. The number of aromatic nitrogens is 2. The second kappa shape index (κ2) is 11.2. The molecule has 8 nitrogen and oxygen atoms in total. The first-order valence-electron chi connectivity index (χ1n) is 9.39. The molecule has 1 fully saturated rings. The van der Waals surface area contributed by atoms with Crippen LogP contribution in [0, 0.1) is 0 Å². The third kappa shape index (κ3) is 5.94. The molecule has 0 unspecified atom stereocenters. The van der Waals surface area contributed by atoms with Gasteiger partial charge in [0.15, 0.2) is 11.5 Å². The molecule has 2 heterocycles. The van der Waals surface area contributed by atoms with Gasteiger partial charge >= 0.3 is 0 Å². The fourth-order valence-electron chi connectivity index (χ4n) is 3.16. The van der Waals surface area contributed by atoms with E-state index in [0.29, 0.717) is 40.5 Å². The Balaban J connectivity index is 0.00000300. The highest BCUT2D eigenvalue weighted by molar-refractivity contribution is 7.18. The summed E-state index contributed by atoms with van der Waals surface area (Å²) in [5, 5.41) is 12.3. The number of nitrogens with one attached hydrogen (secondary N) is 1. The van der Waals surface area contributed by atoms with Crippen LogP contribution in [-0.2, 0) is 4.79 Å². The molecule has 160 valence electrons. The molecule has 1 saturated heterocycles. The Labute approximate surface area is 181 Å². The Morgan fingerprint density at radius 1 is 1.14 bits per heavy atom. The second-order valence-electron chi connectivity index (χ2n) is 6.44. The number of benzene rings is 1. The van der Waals surface area contributed by atoms with Crippen molar-refractivity contribution in [3.63, 3.8) is 0 Å². The number of hydrogen-bond acceptors (Lipinski definition) is 8. The third-order valence-corrected chi connectivity index (χ3v) is 5.37. The zero-order chi connectivity index (χ0) is 19.9. The van der Waals surface area contributed by atoms with Crippen LogP contribution in [0.4, 0.5) is 5.13 Å². The minimum Gasteiger partial charge on any atom is -0.493 e. The molecule has 0 saturated carbocycles. The smallest absolute Gasteiger partial charge is 0.240 e. The molecule has 0 spiro atoms. The number of amides is 1. The summed E-state index contributed by atoms with van der Waals surface area (Å²) < 4.78 is 16.5. The zero-order valence-corrected chi connectivity index (χ0v) is 18.5. The number of methoxy groups -OCH3 is 2. The van der Waals surface area contributed by atoms with E-state index >= 15 is 0 Å². The van der Waals surface area contributed by atoms with Gasteiger partial charge in [-0.15, -0.1) is 22.6 Å². The number of piperidine rings is 1. The number of hydrogen-bond donors (Lipinski definition) is 1. The number of carbonyl (C=O) groups is 1. The van der Waals surface area contributed by atoms with Crippen molar-refractivity contribution in [3.8, 4) is 27.8 Å². The molecule has 1 aliphatic heterocycles. The lowest BCUT2D eigenvalue weighted by molar-refractivity contribution is -0.117. The van der Waals surface area contributed by atoms with Crippen molar-refractivity contribution in [1.29, 1.82) is 0 Å². The number of carbonyl (C=O) groups excluding carboxylic acids is 1. The van der Waals surface area contributed by atoms with Gasteiger partial charge in [0.1, 0.15) is 5.01 Å². The molecular formula is C19H27ClN4O4S. The Morgan fingerprint density at radius 2 is 1.79 bits per heavy atom. The molecule has 0 aliphatic carbocycles. The summed E-state index contributed by atoms with van der Waals surface area (Å²) in [5.41, 5.74) is 0.784. The average molecular weight is 443 g/mol. The Morgan fingerprint density at radius 3 is 2.38 bits per heavy atom. The summed E-state index contributed by atoms with van der Waals surface area (Å²) in [6.07, 6.45) is 3.54. The highest BCUT2D eigenvalue weighted by Gasteiger charge is 2.18. The van der Waals surface area contributed by atoms with Crippen molar-refractivity contribution >= 4 is 34.8 Å². The van der Waals surface area contributed by atoms with E-state index in [1.165, 1.54) is 17.8 Å². The first-order valence-corrected chi connectivity index (χ1v) is 10.2. The van der Waals surface area contributed by atoms with Gasteiger partial charge in [-0.1, -0.05) is 17.8 Å². The van der Waals surface area contributed by atoms with Crippen LogP contribution in [0.2, 0.25) is 0 Å². The summed E-state index contributed by atoms with van der Waals surface area (Å²) in [6.45, 7) is 4.73. The largest absolute Gasteiger partial charge is 0.493 e. The number of rotatable bonds is 8. The molecule has 0 radical (unpaired) electrons. The van der Waals surface area contributed by atoms with Gasteiger partial charge in [-0.25, -0.2) is 0 Å². The van der Waals surface area contributed by atoms with E-state index in [1.54, 1.807) is 14.2 Å². The summed E-state index contributed by atoms with van der Waals surface area (Å²) in [7, 11) is 3.15. The minimum absolute atomic E-state index is 0. The quantitative estimate of drug-likeness (QED) is 0.669. The van der Waals surface area contributed by atoms with Crippen molar-refractivity contribution in [2.24, 2.45) is 0 Å². The molecule has 1 aromatic carbocycles. The predicted octanol–water partition coefficient (Wildman–Crippen LogP) is 3.47. The van der Waals surface area contributed by atoms with Gasteiger partial charge in [0, 0.05) is 5.56 Å². The maximum Gasteiger partial charge on any atom is 0.240 e. The number of ether oxygens (including phenoxy) is 3. The molecule has 3 rings (SSSR count). The molecule has 29 heavy (non-hydrogen) atoms. The van der Waals surface area contributed by atoms with Crippen molar-refractivity contribution in [1.82, 2.24) is 15.1 Å². The first kappa shape index (κ1) is 23.2. The number of halogens is 1. The predicted molar refractivity (Wildman–Crippen MR) is 116 cm³/mol. The maximum absolute atomic E-state index is 12.3. The second-order valence-corrected chi connectivity index (χ2v) is 7.42. The summed E-state index contributed by atoms with van der Waals surface area (Å²) in [4.78, 5) is 14.4. The van der Waals surface area contributed by atoms with Crippen molar-refractivity contribution in [3.05, 3.63) is 12.1 Å². The van der Waals surface area contributed by atoms with Crippen molar-refractivity contribution in [2.75, 3.05) is 45.8 Å². The van der Waals surface area contributed by atoms with Gasteiger partial charge in [0.25, 0.3) is 0 Å². The Bertz CT molecular complexity index is 786. The lowest BCUT2D eigenvalue weighted by atomic mass is 10.1. The molecule has 2 aromatic rings. The standard InChI is InChI=1S/C19H26N4O4S.ClH/c1-4-27-17-14(25-2)10-13(11-15(17)26-3)18-21-22-19(28-18)20-16(24)12-23-8-6-5-7-9-23;/h10-11H,4-9,12H2,1-3H3,(H,20,22,24);1H. The van der Waals surface area contributed by atoms with E-state index in [4.69, 9.17) is 14.2 Å². The van der Waals surface area contributed by atoms with Crippen LogP contribution in [0.5, 0.6) is 17.2 Å². The molecule has 1 aromatic heterocycles. The number of nitrogens with zero attached hydrogens (tertiary/aromatic N) is 3. The highest BCUT2D eigenvalue weighted by atomic mass is 35.5. The average Bonchev–Trinajstić information content (AvgIpc) is 3.17. The summed E-state index contributed by atoms with van der Waals surface area (Å²) in [6, 6.07) is 3.65. The minimum atomic E-state index is -0.0635. The van der Waals surface area contributed by atoms with Gasteiger partial charge in [-0.3, -0.25) is 15.0 Å². The fraction of sp³-hybridized carbons (Fsp3) is 0.526. The Hall–Kier alpha value is -2.10. The van der Waals surface area contributed by atoms with Crippen LogP contribution in [-0.4, -0.2) is 61.5 Å². The van der Waals surface area contributed by atoms with Gasteiger partial charge in [0.05, 0.1) is 27.4 Å². The normalized spacial score (nSPS) is 14.0.